The van der Waals surface area contributed by atoms with Gasteiger partial charge in [0.25, 0.3) is 0 Å². The summed E-state index contributed by atoms with van der Waals surface area (Å²) in [7, 11) is 0. The third-order valence-corrected chi connectivity index (χ3v) is 3.14. The summed E-state index contributed by atoms with van der Waals surface area (Å²) in [5, 5.41) is 11.1. The lowest BCUT2D eigenvalue weighted by molar-refractivity contribution is 0.216. The minimum Gasteiger partial charge on any atom is -0.491 e. The predicted molar refractivity (Wildman–Crippen MR) is 82.5 cm³/mol. The summed E-state index contributed by atoms with van der Waals surface area (Å²) in [5.74, 6) is 0.760. The van der Waals surface area contributed by atoms with Crippen LogP contribution in [0.5, 0.6) is 5.75 Å². The molecular weight excluding hydrogens is 272 g/mol. The molecule has 0 radical (unpaired) electrons. The zero-order valence-electron chi connectivity index (χ0n) is 11.9. The standard InChI is InChI=1S/C17H19ClO2/c1-11(2)20-16-6-4-5-13(10-16)17(19)14-7-12(3)8-15(18)9-14/h4-11,17,19H,1-3H3. The molecule has 1 unspecified atom stereocenters. The smallest absolute Gasteiger partial charge is 0.120 e. The fourth-order valence-electron chi connectivity index (χ4n) is 2.15. The lowest BCUT2D eigenvalue weighted by Crippen LogP contribution is -2.06. The third kappa shape index (κ3) is 3.75. The summed E-state index contributed by atoms with van der Waals surface area (Å²) in [4.78, 5) is 0. The Morgan fingerprint density at radius 1 is 1.05 bits per heavy atom. The van der Waals surface area contributed by atoms with Crippen molar-refractivity contribution < 1.29 is 9.84 Å². The van der Waals surface area contributed by atoms with Crippen LogP contribution in [0.2, 0.25) is 5.02 Å². The topological polar surface area (TPSA) is 29.5 Å². The predicted octanol–water partition coefficient (Wildman–Crippen LogP) is 4.52. The first kappa shape index (κ1) is 14.9. The Morgan fingerprint density at radius 2 is 1.80 bits per heavy atom. The quantitative estimate of drug-likeness (QED) is 0.897. The minimum atomic E-state index is -0.705. The van der Waals surface area contributed by atoms with Gasteiger partial charge < -0.3 is 9.84 Å². The molecule has 2 rings (SSSR count). The second-order valence-corrected chi connectivity index (χ2v) is 5.64. The van der Waals surface area contributed by atoms with E-state index in [4.69, 9.17) is 16.3 Å². The average molecular weight is 291 g/mol. The SMILES string of the molecule is Cc1cc(Cl)cc(C(O)c2cccc(OC(C)C)c2)c1. The van der Waals surface area contributed by atoms with Crippen molar-refractivity contribution in [3.63, 3.8) is 0 Å². The number of rotatable bonds is 4. The van der Waals surface area contributed by atoms with Gasteiger partial charge in [0.2, 0.25) is 0 Å². The van der Waals surface area contributed by atoms with Gasteiger partial charge in [0.1, 0.15) is 11.9 Å². The van der Waals surface area contributed by atoms with Gasteiger partial charge in [0, 0.05) is 5.02 Å². The second kappa shape index (κ2) is 6.29. The van der Waals surface area contributed by atoms with Crippen LogP contribution in [0.25, 0.3) is 0 Å². The van der Waals surface area contributed by atoms with E-state index in [9.17, 15) is 5.11 Å². The Hall–Kier alpha value is -1.51. The number of ether oxygens (including phenoxy) is 1. The van der Waals surface area contributed by atoms with Crippen molar-refractivity contribution in [2.24, 2.45) is 0 Å². The van der Waals surface area contributed by atoms with Gasteiger partial charge in [-0.3, -0.25) is 0 Å². The highest BCUT2D eigenvalue weighted by Crippen LogP contribution is 2.28. The summed E-state index contributed by atoms with van der Waals surface area (Å²) in [6.45, 7) is 5.91. The molecule has 0 aliphatic carbocycles. The lowest BCUT2D eigenvalue weighted by Gasteiger charge is -2.15. The molecule has 0 aliphatic rings. The van der Waals surface area contributed by atoms with Crippen molar-refractivity contribution in [1.82, 2.24) is 0 Å². The number of aliphatic hydroxyl groups is 1. The largest absolute Gasteiger partial charge is 0.491 e. The maximum Gasteiger partial charge on any atom is 0.120 e. The molecule has 2 nitrogen and oxygen atoms in total. The zero-order chi connectivity index (χ0) is 14.7. The van der Waals surface area contributed by atoms with Gasteiger partial charge in [-0.15, -0.1) is 0 Å². The van der Waals surface area contributed by atoms with Crippen LogP contribution < -0.4 is 4.74 Å². The van der Waals surface area contributed by atoms with Crippen LogP contribution in [0.15, 0.2) is 42.5 Å². The van der Waals surface area contributed by atoms with Crippen molar-refractivity contribution >= 4 is 11.6 Å². The molecule has 1 N–H and O–H groups in total. The Bertz CT molecular complexity index is 573. The van der Waals surface area contributed by atoms with Crippen LogP contribution >= 0.6 is 11.6 Å². The summed E-state index contributed by atoms with van der Waals surface area (Å²) in [6, 6.07) is 13.1. The first-order valence-electron chi connectivity index (χ1n) is 6.67. The van der Waals surface area contributed by atoms with Gasteiger partial charge >= 0.3 is 0 Å². The van der Waals surface area contributed by atoms with E-state index in [-0.39, 0.29) is 6.10 Å². The van der Waals surface area contributed by atoms with Crippen molar-refractivity contribution in [3.05, 3.63) is 64.2 Å². The zero-order valence-corrected chi connectivity index (χ0v) is 12.7. The fourth-order valence-corrected chi connectivity index (χ4v) is 2.44. The molecule has 0 aliphatic heterocycles. The number of aliphatic hydroxyl groups excluding tert-OH is 1. The summed E-state index contributed by atoms with van der Waals surface area (Å²) in [5.41, 5.74) is 2.61. The van der Waals surface area contributed by atoms with E-state index in [1.54, 1.807) is 6.07 Å². The highest BCUT2D eigenvalue weighted by molar-refractivity contribution is 6.30. The van der Waals surface area contributed by atoms with Crippen molar-refractivity contribution in [1.29, 1.82) is 0 Å². The molecule has 0 saturated heterocycles. The average Bonchev–Trinajstić information content (AvgIpc) is 2.36. The number of benzene rings is 2. The Morgan fingerprint density at radius 3 is 2.45 bits per heavy atom. The summed E-state index contributed by atoms with van der Waals surface area (Å²) < 4.78 is 5.65. The highest BCUT2D eigenvalue weighted by Gasteiger charge is 2.12. The number of hydrogen-bond acceptors (Lipinski definition) is 2. The van der Waals surface area contributed by atoms with Gasteiger partial charge in [-0.2, -0.15) is 0 Å². The molecule has 20 heavy (non-hydrogen) atoms. The van der Waals surface area contributed by atoms with Crippen LogP contribution in [0.3, 0.4) is 0 Å². The molecule has 0 fully saturated rings. The normalized spacial score (nSPS) is 12.5. The molecule has 2 aromatic carbocycles. The van der Waals surface area contributed by atoms with Crippen LogP contribution in [0, 0.1) is 6.92 Å². The van der Waals surface area contributed by atoms with Crippen LogP contribution in [-0.2, 0) is 0 Å². The molecule has 2 aromatic rings. The van der Waals surface area contributed by atoms with Crippen LogP contribution in [-0.4, -0.2) is 11.2 Å². The molecule has 0 saturated carbocycles. The summed E-state index contributed by atoms with van der Waals surface area (Å²) in [6.07, 6.45) is -0.598. The molecular formula is C17H19ClO2. The van der Waals surface area contributed by atoms with Gasteiger partial charge in [0.05, 0.1) is 6.10 Å². The Labute approximate surface area is 125 Å². The Balaban J connectivity index is 2.30. The lowest BCUT2D eigenvalue weighted by atomic mass is 10.00. The van der Waals surface area contributed by atoms with E-state index >= 15 is 0 Å². The van der Waals surface area contributed by atoms with Gasteiger partial charge in [-0.05, 0) is 61.7 Å². The number of aryl methyl sites for hydroxylation is 1. The minimum absolute atomic E-state index is 0.107. The highest BCUT2D eigenvalue weighted by atomic mass is 35.5. The van der Waals surface area contributed by atoms with E-state index in [1.807, 2.05) is 57.2 Å². The third-order valence-electron chi connectivity index (χ3n) is 2.93. The monoisotopic (exact) mass is 290 g/mol. The molecule has 106 valence electrons. The van der Waals surface area contributed by atoms with E-state index in [0.29, 0.717) is 5.02 Å². The van der Waals surface area contributed by atoms with Gasteiger partial charge in [0.15, 0.2) is 0 Å². The van der Waals surface area contributed by atoms with Crippen LogP contribution in [0.4, 0.5) is 0 Å². The second-order valence-electron chi connectivity index (χ2n) is 5.20. The summed E-state index contributed by atoms with van der Waals surface area (Å²) >= 11 is 6.05. The van der Waals surface area contributed by atoms with Crippen molar-refractivity contribution in [2.75, 3.05) is 0 Å². The number of halogens is 1. The number of hydrogen-bond donors (Lipinski definition) is 1. The van der Waals surface area contributed by atoms with Crippen molar-refractivity contribution in [3.8, 4) is 5.75 Å². The Kier molecular flexibility index (Phi) is 4.69. The molecule has 0 aromatic heterocycles. The van der Waals surface area contributed by atoms with Gasteiger partial charge in [-0.25, -0.2) is 0 Å². The molecule has 0 spiro atoms. The molecule has 0 heterocycles. The van der Waals surface area contributed by atoms with Crippen molar-refractivity contribution in [2.45, 2.75) is 33.0 Å². The van der Waals surface area contributed by atoms with Crippen LogP contribution in [0.1, 0.15) is 36.6 Å². The van der Waals surface area contributed by atoms with Gasteiger partial charge in [-0.1, -0.05) is 29.8 Å². The molecule has 1 atom stereocenters. The maximum atomic E-state index is 10.5. The van der Waals surface area contributed by atoms with E-state index in [1.165, 1.54) is 0 Å². The van der Waals surface area contributed by atoms with E-state index in [0.717, 1.165) is 22.4 Å². The van der Waals surface area contributed by atoms with E-state index < -0.39 is 6.10 Å². The molecule has 0 amide bonds. The maximum absolute atomic E-state index is 10.5. The van der Waals surface area contributed by atoms with E-state index in [2.05, 4.69) is 0 Å². The first-order chi connectivity index (χ1) is 9.45. The molecule has 3 heteroatoms. The first-order valence-corrected chi connectivity index (χ1v) is 7.05. The fraction of sp³-hybridized carbons (Fsp3) is 0.294. The molecule has 0 bridgehead atoms.